The van der Waals surface area contributed by atoms with Gasteiger partial charge in [-0.1, -0.05) is 19.1 Å². The molecular formula is C13H20ClNO3. The van der Waals surface area contributed by atoms with E-state index in [1.54, 1.807) is 7.11 Å². The number of aliphatic carboxylic acids is 1. The minimum Gasteiger partial charge on any atom is -0.497 e. The molecule has 4 nitrogen and oxygen atoms in total. The first-order chi connectivity index (χ1) is 8.08. The summed E-state index contributed by atoms with van der Waals surface area (Å²) in [5, 5.41) is 12.1. The number of hydrogen-bond donors (Lipinski definition) is 2. The zero-order valence-corrected chi connectivity index (χ0v) is 11.7. The maximum Gasteiger partial charge on any atom is 0.320 e. The quantitative estimate of drug-likeness (QED) is 0.837. The molecule has 1 aromatic rings. The molecule has 1 rings (SSSR count). The molecule has 2 atom stereocenters. The Morgan fingerprint density at radius 2 is 2.17 bits per heavy atom. The van der Waals surface area contributed by atoms with Crippen molar-refractivity contribution in [1.82, 2.24) is 5.32 Å². The second-order valence-electron chi connectivity index (χ2n) is 3.96. The number of carboxylic acid groups (broad SMARTS) is 1. The van der Waals surface area contributed by atoms with Crippen LogP contribution in [-0.4, -0.2) is 24.2 Å². The molecule has 0 aromatic heterocycles. The molecule has 0 saturated carbocycles. The summed E-state index contributed by atoms with van der Waals surface area (Å²) in [5.41, 5.74) is 1.02. The van der Waals surface area contributed by atoms with E-state index in [2.05, 4.69) is 5.32 Å². The summed E-state index contributed by atoms with van der Waals surface area (Å²) in [6, 6.07) is 7.09. The van der Waals surface area contributed by atoms with E-state index in [-0.39, 0.29) is 18.4 Å². The molecule has 0 saturated heterocycles. The predicted octanol–water partition coefficient (Wildman–Crippen LogP) is 2.63. The number of carbonyl (C=O) groups is 1. The third-order valence-corrected chi connectivity index (χ3v) is 2.75. The summed E-state index contributed by atoms with van der Waals surface area (Å²) in [7, 11) is 1.61. The molecule has 0 bridgehead atoms. The molecular weight excluding hydrogens is 254 g/mol. The van der Waals surface area contributed by atoms with Gasteiger partial charge in [0.25, 0.3) is 0 Å². The van der Waals surface area contributed by atoms with E-state index in [9.17, 15) is 4.79 Å². The molecule has 0 aliphatic carbocycles. The standard InChI is InChI=1S/C13H19NO3.ClH/c1-4-12(13(15)16)14-9(2)10-6-5-7-11(8-10)17-3;/h5-9,12,14H,4H2,1-3H3,(H,15,16);1H. The van der Waals surface area contributed by atoms with E-state index in [1.165, 1.54) is 0 Å². The van der Waals surface area contributed by atoms with Crippen LogP contribution in [-0.2, 0) is 4.79 Å². The Morgan fingerprint density at radius 1 is 1.50 bits per heavy atom. The molecule has 0 aliphatic rings. The van der Waals surface area contributed by atoms with Gasteiger partial charge in [-0.15, -0.1) is 12.4 Å². The maximum atomic E-state index is 10.9. The number of nitrogens with one attached hydrogen (secondary N) is 1. The molecule has 2 N–H and O–H groups in total. The third kappa shape index (κ3) is 4.55. The lowest BCUT2D eigenvalue weighted by Gasteiger charge is -2.19. The highest BCUT2D eigenvalue weighted by Gasteiger charge is 2.18. The Bertz CT molecular complexity index is 384. The maximum absolute atomic E-state index is 10.9. The monoisotopic (exact) mass is 273 g/mol. The number of rotatable bonds is 6. The zero-order valence-electron chi connectivity index (χ0n) is 10.8. The van der Waals surface area contributed by atoms with Gasteiger partial charge in [0.05, 0.1) is 7.11 Å². The highest BCUT2D eigenvalue weighted by Crippen LogP contribution is 2.19. The van der Waals surface area contributed by atoms with Gasteiger partial charge < -0.3 is 9.84 Å². The highest BCUT2D eigenvalue weighted by molar-refractivity contribution is 5.85. The lowest BCUT2D eigenvalue weighted by atomic mass is 10.1. The molecule has 0 radical (unpaired) electrons. The molecule has 2 unspecified atom stereocenters. The van der Waals surface area contributed by atoms with Crippen LogP contribution in [0.15, 0.2) is 24.3 Å². The van der Waals surface area contributed by atoms with Crippen molar-refractivity contribution in [3.05, 3.63) is 29.8 Å². The Hall–Kier alpha value is -1.26. The second kappa shape index (κ2) is 7.95. The van der Waals surface area contributed by atoms with Crippen LogP contribution in [0.5, 0.6) is 5.75 Å². The first-order valence-electron chi connectivity index (χ1n) is 5.71. The molecule has 0 heterocycles. The van der Waals surface area contributed by atoms with Crippen LogP contribution in [0.3, 0.4) is 0 Å². The van der Waals surface area contributed by atoms with Gasteiger partial charge in [0.15, 0.2) is 0 Å². The molecule has 1 aromatic carbocycles. The second-order valence-corrected chi connectivity index (χ2v) is 3.96. The van der Waals surface area contributed by atoms with Gasteiger partial charge in [-0.25, -0.2) is 0 Å². The van der Waals surface area contributed by atoms with Crippen molar-refractivity contribution in [3.63, 3.8) is 0 Å². The lowest BCUT2D eigenvalue weighted by Crippen LogP contribution is -2.37. The number of benzene rings is 1. The van der Waals surface area contributed by atoms with Crippen molar-refractivity contribution in [2.24, 2.45) is 0 Å². The topological polar surface area (TPSA) is 58.6 Å². The molecule has 18 heavy (non-hydrogen) atoms. The van der Waals surface area contributed by atoms with Crippen LogP contribution in [0.25, 0.3) is 0 Å². The first kappa shape index (κ1) is 16.7. The first-order valence-corrected chi connectivity index (χ1v) is 5.71. The summed E-state index contributed by atoms with van der Waals surface area (Å²) in [5.74, 6) is -0.0400. The van der Waals surface area contributed by atoms with Crippen molar-refractivity contribution in [1.29, 1.82) is 0 Å². The number of carboxylic acids is 1. The average Bonchev–Trinajstić information content (AvgIpc) is 2.35. The average molecular weight is 274 g/mol. The number of halogens is 1. The SMILES string of the molecule is CCC(NC(C)c1cccc(OC)c1)C(=O)O.Cl. The molecule has 102 valence electrons. The van der Waals surface area contributed by atoms with Crippen LogP contribution in [0.2, 0.25) is 0 Å². The Labute approximate surface area is 114 Å². The molecule has 0 aliphatic heterocycles. The summed E-state index contributed by atoms with van der Waals surface area (Å²) >= 11 is 0. The minimum atomic E-state index is -0.817. The fraction of sp³-hybridized carbons (Fsp3) is 0.462. The number of methoxy groups -OCH3 is 1. The van der Waals surface area contributed by atoms with Crippen LogP contribution in [0, 0.1) is 0 Å². The fourth-order valence-electron chi connectivity index (χ4n) is 1.67. The Morgan fingerprint density at radius 3 is 2.67 bits per heavy atom. The Balaban J connectivity index is 0.00000289. The van der Waals surface area contributed by atoms with Crippen molar-refractivity contribution in [3.8, 4) is 5.75 Å². The number of hydrogen-bond acceptors (Lipinski definition) is 3. The van der Waals surface area contributed by atoms with E-state index in [0.29, 0.717) is 6.42 Å². The van der Waals surface area contributed by atoms with Gasteiger partial charge in [0.1, 0.15) is 11.8 Å². The van der Waals surface area contributed by atoms with Crippen molar-refractivity contribution in [2.75, 3.05) is 7.11 Å². The summed E-state index contributed by atoms with van der Waals surface area (Å²) in [4.78, 5) is 10.9. The predicted molar refractivity (Wildman–Crippen MR) is 73.5 cm³/mol. The van der Waals surface area contributed by atoms with Crippen LogP contribution >= 0.6 is 12.4 Å². The van der Waals surface area contributed by atoms with E-state index in [1.807, 2.05) is 38.1 Å². The van der Waals surface area contributed by atoms with Crippen LogP contribution in [0.1, 0.15) is 31.9 Å². The molecule has 5 heteroatoms. The van der Waals surface area contributed by atoms with Gasteiger partial charge >= 0.3 is 5.97 Å². The van der Waals surface area contributed by atoms with Gasteiger partial charge in [-0.3, -0.25) is 10.1 Å². The third-order valence-electron chi connectivity index (χ3n) is 2.75. The molecule has 0 amide bonds. The Kier molecular flexibility index (Phi) is 7.39. The summed E-state index contributed by atoms with van der Waals surface area (Å²) < 4.78 is 5.14. The molecule has 0 spiro atoms. The van der Waals surface area contributed by atoms with Crippen molar-refractivity contribution in [2.45, 2.75) is 32.4 Å². The normalized spacial score (nSPS) is 13.3. The summed E-state index contributed by atoms with van der Waals surface area (Å²) in [6.45, 7) is 3.80. The van der Waals surface area contributed by atoms with Gasteiger partial charge in [0, 0.05) is 6.04 Å². The van der Waals surface area contributed by atoms with E-state index >= 15 is 0 Å². The molecule has 0 fully saturated rings. The minimum absolute atomic E-state index is 0. The van der Waals surface area contributed by atoms with E-state index in [0.717, 1.165) is 11.3 Å². The van der Waals surface area contributed by atoms with Crippen LogP contribution < -0.4 is 10.1 Å². The largest absolute Gasteiger partial charge is 0.497 e. The van der Waals surface area contributed by atoms with E-state index < -0.39 is 12.0 Å². The van der Waals surface area contributed by atoms with E-state index in [4.69, 9.17) is 9.84 Å². The zero-order chi connectivity index (χ0) is 12.8. The highest BCUT2D eigenvalue weighted by atomic mass is 35.5. The van der Waals surface area contributed by atoms with Crippen LogP contribution in [0.4, 0.5) is 0 Å². The fourth-order valence-corrected chi connectivity index (χ4v) is 1.67. The number of ether oxygens (including phenoxy) is 1. The van der Waals surface area contributed by atoms with Gasteiger partial charge in [-0.05, 0) is 31.0 Å². The van der Waals surface area contributed by atoms with Crippen molar-refractivity contribution < 1.29 is 14.6 Å². The smallest absolute Gasteiger partial charge is 0.320 e. The van der Waals surface area contributed by atoms with Crippen molar-refractivity contribution >= 4 is 18.4 Å². The van der Waals surface area contributed by atoms with Gasteiger partial charge in [-0.2, -0.15) is 0 Å². The summed E-state index contributed by atoms with van der Waals surface area (Å²) in [6.07, 6.45) is 0.559. The lowest BCUT2D eigenvalue weighted by molar-refractivity contribution is -0.139. The van der Waals surface area contributed by atoms with Gasteiger partial charge in [0.2, 0.25) is 0 Å².